The molecule has 0 saturated carbocycles. The van der Waals surface area contributed by atoms with Crippen molar-refractivity contribution in [2.45, 2.75) is 32.9 Å². The van der Waals surface area contributed by atoms with Crippen LogP contribution in [-0.4, -0.2) is 36.8 Å². The Morgan fingerprint density at radius 3 is 3.00 bits per heavy atom. The van der Waals surface area contributed by atoms with Gasteiger partial charge in [0.15, 0.2) is 0 Å². The molecule has 1 saturated heterocycles. The Morgan fingerprint density at radius 1 is 1.53 bits per heavy atom. The highest BCUT2D eigenvalue weighted by molar-refractivity contribution is 6.31. The smallest absolute Gasteiger partial charge is 0.129 e. The highest BCUT2D eigenvalue weighted by atomic mass is 35.5. The van der Waals surface area contributed by atoms with Gasteiger partial charge in [0.05, 0.1) is 17.2 Å². The Balaban J connectivity index is 2.15. The van der Waals surface area contributed by atoms with E-state index in [4.69, 9.17) is 16.3 Å². The van der Waals surface area contributed by atoms with Gasteiger partial charge in [0, 0.05) is 25.8 Å². The lowest BCUT2D eigenvalue weighted by atomic mass is 10.1. The summed E-state index contributed by atoms with van der Waals surface area (Å²) in [7, 11) is 0. The van der Waals surface area contributed by atoms with Crippen molar-refractivity contribution in [1.82, 2.24) is 10.3 Å². The number of anilines is 1. The lowest BCUT2D eigenvalue weighted by Crippen LogP contribution is -2.48. The number of rotatable bonds is 4. The van der Waals surface area contributed by atoms with Gasteiger partial charge in [-0.1, -0.05) is 18.5 Å². The summed E-state index contributed by atoms with van der Waals surface area (Å²) in [5.41, 5.74) is 0.972. The van der Waals surface area contributed by atoms with Crippen molar-refractivity contribution in [3.63, 3.8) is 0 Å². The molecule has 0 aromatic carbocycles. The highest BCUT2D eigenvalue weighted by Gasteiger charge is 2.28. The summed E-state index contributed by atoms with van der Waals surface area (Å²) in [6, 6.07) is 2.08. The number of morpholine rings is 1. The lowest BCUT2D eigenvalue weighted by Gasteiger charge is -2.38. The van der Waals surface area contributed by atoms with Gasteiger partial charge < -0.3 is 15.0 Å². The molecule has 1 N–H and O–H groups in total. The van der Waals surface area contributed by atoms with E-state index < -0.39 is 0 Å². The quantitative estimate of drug-likeness (QED) is 0.921. The zero-order chi connectivity index (χ0) is 13.9. The maximum absolute atomic E-state index is 6.18. The number of halogens is 1. The minimum Gasteiger partial charge on any atom is -0.372 e. The Morgan fingerprint density at radius 2 is 2.32 bits per heavy atom. The van der Waals surface area contributed by atoms with E-state index >= 15 is 0 Å². The number of hydrogen-bond donors (Lipinski definition) is 1. The van der Waals surface area contributed by atoms with Gasteiger partial charge in [-0.3, -0.25) is 0 Å². The Bertz CT molecular complexity index is 437. The molecule has 1 aromatic rings. The predicted octanol–water partition coefficient (Wildman–Crippen LogP) is 2.46. The van der Waals surface area contributed by atoms with Crippen LogP contribution in [0.15, 0.2) is 12.3 Å². The molecule has 0 spiro atoms. The third kappa shape index (κ3) is 3.81. The number of nitrogens with one attached hydrogen (secondary N) is 1. The van der Waals surface area contributed by atoms with Gasteiger partial charge in [0.25, 0.3) is 0 Å². The van der Waals surface area contributed by atoms with E-state index in [0.717, 1.165) is 49.2 Å². The Labute approximate surface area is 120 Å². The molecule has 0 unspecified atom stereocenters. The fourth-order valence-electron chi connectivity index (χ4n) is 2.25. The van der Waals surface area contributed by atoms with Gasteiger partial charge in [-0.05, 0) is 32.0 Å². The van der Waals surface area contributed by atoms with E-state index in [9.17, 15) is 0 Å². The first-order valence-electron chi connectivity index (χ1n) is 6.76. The second-order valence-electron chi connectivity index (χ2n) is 5.44. The number of aromatic nitrogens is 1. The molecule has 5 heteroatoms. The predicted molar refractivity (Wildman–Crippen MR) is 78.9 cm³/mol. The average molecular weight is 284 g/mol. The van der Waals surface area contributed by atoms with Crippen LogP contribution in [0.1, 0.15) is 26.3 Å². The molecule has 106 valence electrons. The minimum atomic E-state index is -0.124. The summed E-state index contributed by atoms with van der Waals surface area (Å²) >= 11 is 6.18. The van der Waals surface area contributed by atoms with Crippen molar-refractivity contribution in [1.29, 1.82) is 0 Å². The molecular formula is C14H22ClN3O. The summed E-state index contributed by atoms with van der Waals surface area (Å²) in [4.78, 5) is 6.71. The van der Waals surface area contributed by atoms with Crippen LogP contribution in [0.25, 0.3) is 0 Å². The SMILES string of the molecule is CCNCc1cc(N2CCOC(C)(C)C2)ncc1Cl. The van der Waals surface area contributed by atoms with Crippen LogP contribution in [0.5, 0.6) is 0 Å². The first-order chi connectivity index (χ1) is 9.02. The highest BCUT2D eigenvalue weighted by Crippen LogP contribution is 2.24. The molecule has 0 aliphatic carbocycles. The number of pyridine rings is 1. The molecule has 1 aliphatic rings. The fraction of sp³-hybridized carbons (Fsp3) is 0.643. The van der Waals surface area contributed by atoms with Crippen LogP contribution >= 0.6 is 11.6 Å². The van der Waals surface area contributed by atoms with Gasteiger partial charge in [-0.25, -0.2) is 4.98 Å². The summed E-state index contributed by atoms with van der Waals surface area (Å²) < 4.78 is 5.73. The van der Waals surface area contributed by atoms with Crippen molar-refractivity contribution >= 4 is 17.4 Å². The number of ether oxygens (including phenoxy) is 1. The van der Waals surface area contributed by atoms with Gasteiger partial charge in [-0.15, -0.1) is 0 Å². The van der Waals surface area contributed by atoms with Gasteiger partial charge in [-0.2, -0.15) is 0 Å². The van der Waals surface area contributed by atoms with E-state index in [1.807, 2.05) is 0 Å². The number of nitrogens with zero attached hydrogens (tertiary/aromatic N) is 2. The van der Waals surface area contributed by atoms with Crippen LogP contribution in [0, 0.1) is 0 Å². The molecule has 0 atom stereocenters. The maximum Gasteiger partial charge on any atom is 0.129 e. The summed E-state index contributed by atoms with van der Waals surface area (Å²) in [6.45, 7) is 10.5. The second kappa shape index (κ2) is 6.07. The molecule has 0 amide bonds. The molecule has 4 nitrogen and oxygen atoms in total. The molecule has 1 aliphatic heterocycles. The molecule has 19 heavy (non-hydrogen) atoms. The van der Waals surface area contributed by atoms with Crippen molar-refractivity contribution in [3.8, 4) is 0 Å². The largest absolute Gasteiger partial charge is 0.372 e. The fourth-order valence-corrected chi connectivity index (χ4v) is 2.42. The lowest BCUT2D eigenvalue weighted by molar-refractivity contribution is -0.0279. The normalized spacial score (nSPS) is 18.6. The third-order valence-corrected chi connectivity index (χ3v) is 3.58. The molecule has 0 radical (unpaired) electrons. The maximum atomic E-state index is 6.18. The zero-order valence-electron chi connectivity index (χ0n) is 11.9. The van der Waals surface area contributed by atoms with E-state index in [1.54, 1.807) is 6.20 Å². The topological polar surface area (TPSA) is 37.4 Å². The van der Waals surface area contributed by atoms with Crippen LogP contribution in [0.4, 0.5) is 5.82 Å². The molecule has 0 bridgehead atoms. The molecule has 2 heterocycles. The Kier molecular flexibility index (Phi) is 4.66. The minimum absolute atomic E-state index is 0.124. The van der Waals surface area contributed by atoms with Gasteiger partial charge in [0.1, 0.15) is 5.82 Å². The zero-order valence-corrected chi connectivity index (χ0v) is 12.6. The van der Waals surface area contributed by atoms with E-state index in [2.05, 4.69) is 42.0 Å². The average Bonchev–Trinajstić information content (AvgIpc) is 2.36. The molecule has 2 rings (SSSR count). The second-order valence-corrected chi connectivity index (χ2v) is 5.85. The van der Waals surface area contributed by atoms with Crippen LogP contribution < -0.4 is 10.2 Å². The van der Waals surface area contributed by atoms with Crippen molar-refractivity contribution in [2.24, 2.45) is 0 Å². The number of hydrogen-bond acceptors (Lipinski definition) is 4. The standard InChI is InChI=1S/C14H22ClN3O/c1-4-16-8-11-7-13(17-9-12(11)15)18-5-6-19-14(2,3)10-18/h7,9,16H,4-6,8,10H2,1-3H3. The van der Waals surface area contributed by atoms with Crippen molar-refractivity contribution in [3.05, 3.63) is 22.8 Å². The summed E-state index contributed by atoms with van der Waals surface area (Å²) in [5.74, 6) is 0.980. The summed E-state index contributed by atoms with van der Waals surface area (Å²) in [5, 5.41) is 4.02. The van der Waals surface area contributed by atoms with Crippen LogP contribution in [-0.2, 0) is 11.3 Å². The molecule has 1 fully saturated rings. The van der Waals surface area contributed by atoms with E-state index in [0.29, 0.717) is 0 Å². The van der Waals surface area contributed by atoms with E-state index in [1.165, 1.54) is 0 Å². The van der Waals surface area contributed by atoms with Crippen molar-refractivity contribution < 1.29 is 4.74 Å². The summed E-state index contributed by atoms with van der Waals surface area (Å²) in [6.07, 6.45) is 1.74. The van der Waals surface area contributed by atoms with Crippen LogP contribution in [0.3, 0.4) is 0 Å². The van der Waals surface area contributed by atoms with E-state index in [-0.39, 0.29) is 5.60 Å². The Hall–Kier alpha value is -0.840. The first kappa shape index (κ1) is 14.6. The third-order valence-electron chi connectivity index (χ3n) is 3.24. The monoisotopic (exact) mass is 283 g/mol. The van der Waals surface area contributed by atoms with Crippen molar-refractivity contribution in [2.75, 3.05) is 31.1 Å². The molecule has 1 aromatic heterocycles. The van der Waals surface area contributed by atoms with Crippen LogP contribution in [0.2, 0.25) is 5.02 Å². The van der Waals surface area contributed by atoms with Gasteiger partial charge in [0.2, 0.25) is 0 Å². The molecular weight excluding hydrogens is 262 g/mol. The van der Waals surface area contributed by atoms with Gasteiger partial charge >= 0.3 is 0 Å². The first-order valence-corrected chi connectivity index (χ1v) is 7.13.